The predicted octanol–water partition coefficient (Wildman–Crippen LogP) is 4.18. The van der Waals surface area contributed by atoms with Crippen molar-refractivity contribution in [1.82, 2.24) is 4.90 Å². The van der Waals surface area contributed by atoms with Gasteiger partial charge in [0, 0.05) is 23.8 Å². The topological polar surface area (TPSA) is 15.3 Å². The molecule has 1 rings (SSSR count). The summed E-state index contributed by atoms with van der Waals surface area (Å²) in [5.74, 6) is 0. The van der Waals surface area contributed by atoms with Crippen LogP contribution >= 0.6 is 11.6 Å². The molecule has 0 aliphatic heterocycles. The van der Waals surface area contributed by atoms with E-state index in [9.17, 15) is 0 Å². The highest BCUT2D eigenvalue weighted by molar-refractivity contribution is 6.31. The number of rotatable bonds is 8. The average Bonchev–Trinajstić information content (AvgIpc) is 2.34. The monoisotopic (exact) mass is 268 g/mol. The highest BCUT2D eigenvalue weighted by Gasteiger charge is 2.02. The number of aryl methyl sites for hydroxylation is 1. The first-order valence-corrected chi connectivity index (χ1v) is 7.27. The van der Waals surface area contributed by atoms with Gasteiger partial charge in [-0.2, -0.15) is 0 Å². The minimum atomic E-state index is 0.832. The van der Waals surface area contributed by atoms with Crippen LogP contribution in [0.3, 0.4) is 0 Å². The molecule has 0 heterocycles. The zero-order chi connectivity index (χ0) is 13.4. The lowest BCUT2D eigenvalue weighted by Crippen LogP contribution is -2.30. The molecule has 0 bridgehead atoms. The highest BCUT2D eigenvalue weighted by atomic mass is 35.5. The van der Waals surface area contributed by atoms with E-state index in [0.717, 1.165) is 29.4 Å². The summed E-state index contributed by atoms with van der Waals surface area (Å²) < 4.78 is 0. The van der Waals surface area contributed by atoms with Gasteiger partial charge in [0.25, 0.3) is 0 Å². The van der Waals surface area contributed by atoms with Crippen molar-refractivity contribution in [1.29, 1.82) is 0 Å². The number of anilines is 1. The van der Waals surface area contributed by atoms with Gasteiger partial charge in [0.1, 0.15) is 0 Å². The zero-order valence-corrected chi connectivity index (χ0v) is 12.6. The van der Waals surface area contributed by atoms with Crippen LogP contribution in [-0.4, -0.2) is 31.1 Å². The molecule has 2 nitrogen and oxygen atoms in total. The van der Waals surface area contributed by atoms with Gasteiger partial charge in [-0.1, -0.05) is 31.5 Å². The van der Waals surface area contributed by atoms with Crippen LogP contribution in [-0.2, 0) is 0 Å². The number of nitrogens with zero attached hydrogens (tertiary/aromatic N) is 1. The summed E-state index contributed by atoms with van der Waals surface area (Å²) in [6.07, 6.45) is 2.44. The van der Waals surface area contributed by atoms with E-state index in [1.807, 2.05) is 13.0 Å². The fraction of sp³-hybridized carbons (Fsp3) is 0.600. The van der Waals surface area contributed by atoms with Gasteiger partial charge in [0.2, 0.25) is 0 Å². The fourth-order valence-corrected chi connectivity index (χ4v) is 2.21. The first-order chi connectivity index (χ1) is 8.67. The smallest absolute Gasteiger partial charge is 0.0455 e. The Morgan fingerprint density at radius 1 is 1.11 bits per heavy atom. The van der Waals surface area contributed by atoms with Gasteiger partial charge in [0.15, 0.2) is 0 Å². The Bertz CT molecular complexity index is 346. The number of halogens is 1. The Morgan fingerprint density at radius 3 is 2.33 bits per heavy atom. The van der Waals surface area contributed by atoms with E-state index in [4.69, 9.17) is 11.6 Å². The molecule has 0 unspecified atom stereocenters. The third kappa shape index (κ3) is 5.28. The average molecular weight is 269 g/mol. The molecule has 0 spiro atoms. The van der Waals surface area contributed by atoms with Crippen LogP contribution in [0.4, 0.5) is 5.69 Å². The Labute approximate surface area is 116 Å². The summed E-state index contributed by atoms with van der Waals surface area (Å²) in [6, 6.07) is 6.15. The number of hydrogen-bond acceptors (Lipinski definition) is 2. The van der Waals surface area contributed by atoms with Gasteiger partial charge in [-0.25, -0.2) is 0 Å². The maximum absolute atomic E-state index is 6.10. The third-order valence-corrected chi connectivity index (χ3v) is 3.42. The van der Waals surface area contributed by atoms with Crippen molar-refractivity contribution in [2.24, 2.45) is 0 Å². The molecule has 3 heteroatoms. The Hall–Kier alpha value is -0.730. The predicted molar refractivity (Wildman–Crippen MR) is 81.7 cm³/mol. The first-order valence-electron chi connectivity index (χ1n) is 6.89. The van der Waals surface area contributed by atoms with Crippen molar-refractivity contribution in [3.05, 3.63) is 28.8 Å². The van der Waals surface area contributed by atoms with Crippen LogP contribution in [0.15, 0.2) is 18.2 Å². The molecule has 1 aromatic carbocycles. The molecule has 0 saturated heterocycles. The molecule has 18 heavy (non-hydrogen) atoms. The number of nitrogens with one attached hydrogen (secondary N) is 1. The van der Waals surface area contributed by atoms with Crippen LogP contribution in [0.1, 0.15) is 32.3 Å². The van der Waals surface area contributed by atoms with E-state index < -0.39 is 0 Å². The third-order valence-electron chi connectivity index (χ3n) is 3.01. The van der Waals surface area contributed by atoms with Gasteiger partial charge < -0.3 is 10.2 Å². The van der Waals surface area contributed by atoms with Crippen molar-refractivity contribution in [3.8, 4) is 0 Å². The van der Waals surface area contributed by atoms with Crippen LogP contribution in [0, 0.1) is 6.92 Å². The molecule has 0 atom stereocenters. The second kappa shape index (κ2) is 8.39. The highest BCUT2D eigenvalue weighted by Crippen LogP contribution is 2.19. The molecule has 0 saturated carbocycles. The normalized spacial score (nSPS) is 10.9. The molecule has 102 valence electrons. The molecule has 0 aliphatic carbocycles. The van der Waals surface area contributed by atoms with E-state index in [2.05, 4.69) is 36.2 Å². The molecule has 0 amide bonds. The summed E-state index contributed by atoms with van der Waals surface area (Å²) in [4.78, 5) is 2.50. The van der Waals surface area contributed by atoms with E-state index in [0.29, 0.717) is 0 Å². The summed E-state index contributed by atoms with van der Waals surface area (Å²) in [5.41, 5.74) is 2.24. The van der Waals surface area contributed by atoms with Crippen molar-refractivity contribution < 1.29 is 0 Å². The SMILES string of the molecule is CCCN(CCC)CCNc1ccc(C)c(Cl)c1. The minimum absolute atomic E-state index is 0.832. The maximum atomic E-state index is 6.10. The first kappa shape index (κ1) is 15.3. The van der Waals surface area contributed by atoms with Crippen LogP contribution in [0.5, 0.6) is 0 Å². The molecule has 0 fully saturated rings. The second-order valence-electron chi connectivity index (χ2n) is 4.73. The van der Waals surface area contributed by atoms with Crippen molar-refractivity contribution >= 4 is 17.3 Å². The zero-order valence-electron chi connectivity index (χ0n) is 11.8. The number of benzene rings is 1. The Kier molecular flexibility index (Phi) is 7.14. The summed E-state index contributed by atoms with van der Waals surface area (Å²) in [6.45, 7) is 10.9. The number of hydrogen-bond donors (Lipinski definition) is 1. The largest absolute Gasteiger partial charge is 0.384 e. The quantitative estimate of drug-likeness (QED) is 0.761. The second-order valence-corrected chi connectivity index (χ2v) is 5.14. The molecule has 0 aliphatic rings. The van der Waals surface area contributed by atoms with Crippen molar-refractivity contribution in [2.45, 2.75) is 33.6 Å². The van der Waals surface area contributed by atoms with Crippen molar-refractivity contribution in [2.75, 3.05) is 31.5 Å². The summed E-state index contributed by atoms with van der Waals surface area (Å²) >= 11 is 6.10. The van der Waals surface area contributed by atoms with E-state index >= 15 is 0 Å². The minimum Gasteiger partial charge on any atom is -0.384 e. The molecule has 0 radical (unpaired) electrons. The van der Waals surface area contributed by atoms with Crippen LogP contribution in [0.25, 0.3) is 0 Å². The Balaban J connectivity index is 2.37. The van der Waals surface area contributed by atoms with Gasteiger partial charge in [-0.3, -0.25) is 0 Å². The summed E-state index contributed by atoms with van der Waals surface area (Å²) in [5, 5.41) is 4.27. The summed E-state index contributed by atoms with van der Waals surface area (Å²) in [7, 11) is 0. The fourth-order valence-electron chi connectivity index (χ4n) is 2.03. The lowest BCUT2D eigenvalue weighted by Gasteiger charge is -2.21. The van der Waals surface area contributed by atoms with Gasteiger partial charge in [0.05, 0.1) is 0 Å². The maximum Gasteiger partial charge on any atom is 0.0455 e. The molecule has 0 aromatic heterocycles. The molecule has 1 N–H and O–H groups in total. The lowest BCUT2D eigenvalue weighted by molar-refractivity contribution is 0.285. The van der Waals surface area contributed by atoms with E-state index in [1.54, 1.807) is 0 Å². The van der Waals surface area contributed by atoms with Crippen LogP contribution < -0.4 is 5.32 Å². The molecular weight excluding hydrogens is 244 g/mol. The van der Waals surface area contributed by atoms with Gasteiger partial charge in [-0.15, -0.1) is 0 Å². The molecule has 1 aromatic rings. The van der Waals surface area contributed by atoms with Crippen LogP contribution in [0.2, 0.25) is 5.02 Å². The molecular formula is C15H25ClN2. The van der Waals surface area contributed by atoms with Crippen molar-refractivity contribution in [3.63, 3.8) is 0 Å². The van der Waals surface area contributed by atoms with Gasteiger partial charge >= 0.3 is 0 Å². The lowest BCUT2D eigenvalue weighted by atomic mass is 10.2. The van der Waals surface area contributed by atoms with E-state index in [-0.39, 0.29) is 0 Å². The standard InChI is InChI=1S/C15H25ClN2/c1-4-9-18(10-5-2)11-8-17-14-7-6-13(3)15(16)12-14/h6-7,12,17H,4-5,8-11H2,1-3H3. The Morgan fingerprint density at radius 2 is 1.78 bits per heavy atom. The van der Waals surface area contributed by atoms with E-state index in [1.165, 1.54) is 25.9 Å². The van der Waals surface area contributed by atoms with Gasteiger partial charge in [-0.05, 0) is 50.6 Å².